The van der Waals surface area contributed by atoms with Crippen molar-refractivity contribution in [3.8, 4) is 10.8 Å². The molecule has 2 aromatic heterocycles. The predicted molar refractivity (Wildman–Crippen MR) is 113 cm³/mol. The van der Waals surface area contributed by atoms with Crippen LogP contribution >= 0.6 is 11.3 Å². The summed E-state index contributed by atoms with van der Waals surface area (Å²) < 4.78 is 19.5. The number of thiophene rings is 1. The number of carbonyl (C=O) groups is 1. The number of hydrogen-bond acceptors (Lipinski definition) is 6. The van der Waals surface area contributed by atoms with E-state index >= 15 is 0 Å². The van der Waals surface area contributed by atoms with Gasteiger partial charge in [0.15, 0.2) is 0 Å². The monoisotopic (exact) mass is 428 g/mol. The van der Waals surface area contributed by atoms with E-state index in [4.69, 9.17) is 4.42 Å². The fraction of sp³-hybridized carbons (Fsp3) is 0.409. The van der Waals surface area contributed by atoms with Gasteiger partial charge in [-0.2, -0.15) is 0 Å². The molecule has 0 saturated carbocycles. The average molecular weight is 429 g/mol. The predicted octanol–water partition coefficient (Wildman–Crippen LogP) is 4.34. The van der Waals surface area contributed by atoms with Gasteiger partial charge in [-0.1, -0.05) is 18.2 Å². The molecule has 0 aliphatic carbocycles. The van der Waals surface area contributed by atoms with Crippen LogP contribution in [-0.2, 0) is 11.3 Å². The number of aromatic nitrogens is 2. The van der Waals surface area contributed by atoms with Gasteiger partial charge in [-0.05, 0) is 68.4 Å². The molecule has 30 heavy (non-hydrogen) atoms. The van der Waals surface area contributed by atoms with Crippen LogP contribution in [0, 0.1) is 18.7 Å². The van der Waals surface area contributed by atoms with Gasteiger partial charge in [0.05, 0.1) is 10.9 Å². The van der Waals surface area contributed by atoms with Gasteiger partial charge in [-0.3, -0.25) is 9.69 Å². The first-order valence-corrected chi connectivity index (χ1v) is 11.0. The third-order valence-electron chi connectivity index (χ3n) is 5.68. The summed E-state index contributed by atoms with van der Waals surface area (Å²) in [5.74, 6) is 0.901. The molecule has 1 atom stereocenters. The molecule has 1 fully saturated rings. The normalized spacial score (nSPS) is 16.5. The van der Waals surface area contributed by atoms with E-state index in [0.29, 0.717) is 23.9 Å². The van der Waals surface area contributed by atoms with Crippen molar-refractivity contribution in [3.63, 3.8) is 0 Å². The van der Waals surface area contributed by atoms with Crippen LogP contribution < -0.4 is 5.32 Å². The first-order chi connectivity index (χ1) is 14.5. The average Bonchev–Trinajstić information content (AvgIpc) is 3.46. The molecule has 0 bridgehead atoms. The summed E-state index contributed by atoms with van der Waals surface area (Å²) in [4.78, 5) is 15.8. The van der Waals surface area contributed by atoms with Crippen molar-refractivity contribution < 1.29 is 13.6 Å². The van der Waals surface area contributed by atoms with Gasteiger partial charge in [-0.15, -0.1) is 21.5 Å². The lowest BCUT2D eigenvalue weighted by Crippen LogP contribution is -2.41. The van der Waals surface area contributed by atoms with Crippen molar-refractivity contribution in [2.75, 3.05) is 13.1 Å². The summed E-state index contributed by atoms with van der Waals surface area (Å²) >= 11 is 1.57. The van der Waals surface area contributed by atoms with Gasteiger partial charge in [0.1, 0.15) is 5.82 Å². The maximum Gasteiger partial charge on any atom is 0.257 e. The largest absolute Gasteiger partial charge is 0.418 e. The fourth-order valence-electron chi connectivity index (χ4n) is 3.69. The van der Waals surface area contributed by atoms with Crippen molar-refractivity contribution in [2.24, 2.45) is 5.92 Å². The number of aryl methyl sites for hydroxylation is 1. The smallest absolute Gasteiger partial charge is 0.257 e. The number of carbonyl (C=O) groups excluding carboxylic acids is 1. The molecule has 1 amide bonds. The van der Waals surface area contributed by atoms with Crippen LogP contribution in [0.4, 0.5) is 4.39 Å². The Kier molecular flexibility index (Phi) is 6.24. The Hall–Kier alpha value is -2.58. The van der Waals surface area contributed by atoms with Crippen LogP contribution in [0.15, 0.2) is 40.1 Å². The first-order valence-electron chi connectivity index (χ1n) is 10.2. The number of amides is 1. The lowest BCUT2D eigenvalue weighted by atomic mass is 9.95. The second-order valence-electron chi connectivity index (χ2n) is 7.71. The number of piperidine rings is 1. The SMILES string of the molecule is Cc1ccc(CNC(=O)C2CCN(C(C)c3nnc(-c4cccs4)o3)CC2)cc1F. The second-order valence-corrected chi connectivity index (χ2v) is 8.66. The quantitative estimate of drug-likeness (QED) is 0.633. The van der Waals surface area contributed by atoms with E-state index in [0.717, 1.165) is 36.4 Å². The number of rotatable bonds is 6. The highest BCUT2D eigenvalue weighted by molar-refractivity contribution is 7.13. The molecule has 4 rings (SSSR count). The van der Waals surface area contributed by atoms with Gasteiger partial charge in [0.2, 0.25) is 11.8 Å². The van der Waals surface area contributed by atoms with E-state index < -0.39 is 0 Å². The molecule has 1 saturated heterocycles. The molecule has 3 heterocycles. The molecule has 0 spiro atoms. The van der Waals surface area contributed by atoms with Crippen molar-refractivity contribution in [2.45, 2.75) is 39.3 Å². The molecule has 0 radical (unpaired) electrons. The molecular weight excluding hydrogens is 403 g/mol. The number of hydrogen-bond donors (Lipinski definition) is 1. The highest BCUT2D eigenvalue weighted by Gasteiger charge is 2.29. The second kappa shape index (κ2) is 9.06. The highest BCUT2D eigenvalue weighted by Crippen LogP contribution is 2.29. The topological polar surface area (TPSA) is 71.3 Å². The maximum atomic E-state index is 13.7. The fourth-order valence-corrected chi connectivity index (χ4v) is 4.33. The summed E-state index contributed by atoms with van der Waals surface area (Å²) in [6.07, 6.45) is 1.54. The first kappa shape index (κ1) is 20.7. The van der Waals surface area contributed by atoms with E-state index in [2.05, 4.69) is 27.3 Å². The van der Waals surface area contributed by atoms with Crippen LogP contribution in [0.5, 0.6) is 0 Å². The van der Waals surface area contributed by atoms with Gasteiger partial charge in [0, 0.05) is 12.5 Å². The summed E-state index contributed by atoms with van der Waals surface area (Å²) in [6.45, 7) is 5.70. The Morgan fingerprint density at radius 3 is 2.83 bits per heavy atom. The van der Waals surface area contributed by atoms with Crippen molar-refractivity contribution >= 4 is 17.2 Å². The molecule has 158 valence electrons. The Bertz CT molecular complexity index is 996. The molecule has 1 N–H and O–H groups in total. The Morgan fingerprint density at radius 2 is 2.13 bits per heavy atom. The van der Waals surface area contributed by atoms with Crippen molar-refractivity contribution in [1.82, 2.24) is 20.4 Å². The van der Waals surface area contributed by atoms with Gasteiger partial charge < -0.3 is 9.73 Å². The Balaban J connectivity index is 1.27. The number of nitrogens with zero attached hydrogens (tertiary/aromatic N) is 3. The summed E-state index contributed by atoms with van der Waals surface area (Å²) in [5, 5.41) is 13.3. The lowest BCUT2D eigenvalue weighted by Gasteiger charge is -2.34. The zero-order chi connectivity index (χ0) is 21.1. The Labute approximate surface area is 179 Å². The molecule has 1 aliphatic rings. The van der Waals surface area contributed by atoms with E-state index in [-0.39, 0.29) is 23.7 Å². The van der Waals surface area contributed by atoms with Crippen LogP contribution in [0.3, 0.4) is 0 Å². The third kappa shape index (κ3) is 4.60. The summed E-state index contributed by atoms with van der Waals surface area (Å²) in [5.41, 5.74) is 1.38. The van der Waals surface area contributed by atoms with E-state index in [1.165, 1.54) is 6.07 Å². The van der Waals surface area contributed by atoms with Crippen LogP contribution in [-0.4, -0.2) is 34.1 Å². The minimum atomic E-state index is -0.243. The molecule has 1 aliphatic heterocycles. The van der Waals surface area contributed by atoms with Crippen LogP contribution in [0.1, 0.15) is 42.8 Å². The molecular formula is C22H25FN4O2S. The van der Waals surface area contributed by atoms with Gasteiger partial charge >= 0.3 is 0 Å². The van der Waals surface area contributed by atoms with Gasteiger partial charge in [-0.25, -0.2) is 4.39 Å². The summed E-state index contributed by atoms with van der Waals surface area (Å²) in [7, 11) is 0. The number of nitrogens with one attached hydrogen (secondary N) is 1. The number of benzene rings is 1. The van der Waals surface area contributed by atoms with E-state index in [9.17, 15) is 9.18 Å². The molecule has 6 nitrogen and oxygen atoms in total. The minimum absolute atomic E-state index is 0.00533. The summed E-state index contributed by atoms with van der Waals surface area (Å²) in [6, 6.07) is 8.98. The van der Waals surface area contributed by atoms with E-state index in [1.54, 1.807) is 24.3 Å². The third-order valence-corrected chi connectivity index (χ3v) is 6.54. The van der Waals surface area contributed by atoms with Crippen LogP contribution in [0.25, 0.3) is 10.8 Å². The van der Waals surface area contributed by atoms with Crippen LogP contribution in [0.2, 0.25) is 0 Å². The zero-order valence-corrected chi connectivity index (χ0v) is 17.9. The number of halogens is 1. The van der Waals surface area contributed by atoms with E-state index in [1.807, 2.05) is 23.6 Å². The maximum absolute atomic E-state index is 13.7. The molecule has 3 aromatic rings. The Morgan fingerprint density at radius 1 is 1.33 bits per heavy atom. The number of likely N-dealkylation sites (tertiary alicyclic amines) is 1. The van der Waals surface area contributed by atoms with Crippen molar-refractivity contribution in [1.29, 1.82) is 0 Å². The standard InChI is InChI=1S/C22H25FN4O2S/c1-14-5-6-16(12-18(14)23)13-24-20(28)17-7-9-27(10-8-17)15(2)21-25-26-22(29-21)19-4-3-11-30-19/h3-6,11-12,15,17H,7-10,13H2,1-2H3,(H,24,28). The lowest BCUT2D eigenvalue weighted by molar-refractivity contribution is -0.126. The van der Waals surface area contributed by atoms with Gasteiger partial charge in [0.25, 0.3) is 5.89 Å². The highest BCUT2D eigenvalue weighted by atomic mass is 32.1. The zero-order valence-electron chi connectivity index (χ0n) is 17.1. The van der Waals surface area contributed by atoms with Crippen molar-refractivity contribution in [3.05, 3.63) is 58.5 Å². The minimum Gasteiger partial charge on any atom is -0.418 e. The molecule has 1 unspecified atom stereocenters. The molecule has 1 aromatic carbocycles. The molecule has 8 heteroatoms.